The summed E-state index contributed by atoms with van der Waals surface area (Å²) in [5, 5.41) is 17.0. The van der Waals surface area contributed by atoms with Crippen molar-refractivity contribution in [2.45, 2.75) is 38.5 Å². The van der Waals surface area contributed by atoms with Crippen molar-refractivity contribution in [2.24, 2.45) is 0 Å². The van der Waals surface area contributed by atoms with Crippen LogP contribution in [0.4, 0.5) is 0 Å². The fourth-order valence-corrected chi connectivity index (χ4v) is 1.59. The molecule has 1 saturated heterocycles. The molecule has 1 aromatic heterocycles. The monoisotopic (exact) mass is 197 g/mol. The molecule has 0 radical (unpaired) electrons. The first-order chi connectivity index (χ1) is 6.75. The highest BCUT2D eigenvalue weighted by molar-refractivity contribution is 4.95. The van der Waals surface area contributed by atoms with Crippen LogP contribution in [-0.2, 0) is 11.3 Å². The summed E-state index contributed by atoms with van der Waals surface area (Å²) >= 11 is 0. The van der Waals surface area contributed by atoms with Gasteiger partial charge in [0.15, 0.2) is 0 Å². The van der Waals surface area contributed by atoms with Gasteiger partial charge >= 0.3 is 0 Å². The van der Waals surface area contributed by atoms with Crippen LogP contribution < -0.4 is 0 Å². The number of aliphatic hydroxyl groups is 1. The molecular weight excluding hydrogens is 182 g/mol. The van der Waals surface area contributed by atoms with E-state index < -0.39 is 6.10 Å². The third-order valence-electron chi connectivity index (χ3n) is 2.40. The molecule has 14 heavy (non-hydrogen) atoms. The van der Waals surface area contributed by atoms with Gasteiger partial charge in [0.2, 0.25) is 0 Å². The van der Waals surface area contributed by atoms with E-state index in [0.29, 0.717) is 5.69 Å². The smallest absolute Gasteiger partial charge is 0.111 e. The zero-order chi connectivity index (χ0) is 9.97. The fraction of sp³-hybridized carbons (Fsp3) is 0.778. The van der Waals surface area contributed by atoms with Crippen molar-refractivity contribution < 1.29 is 9.84 Å². The van der Waals surface area contributed by atoms with Crippen molar-refractivity contribution in [3.8, 4) is 0 Å². The average molecular weight is 197 g/mol. The number of nitrogens with zero attached hydrogens (tertiary/aromatic N) is 3. The first-order valence-corrected chi connectivity index (χ1v) is 4.95. The van der Waals surface area contributed by atoms with Crippen LogP contribution in [-0.4, -0.2) is 32.8 Å². The zero-order valence-electron chi connectivity index (χ0n) is 8.26. The Balaban J connectivity index is 1.95. The van der Waals surface area contributed by atoms with E-state index in [1.807, 2.05) is 0 Å². The molecule has 0 bridgehead atoms. The van der Waals surface area contributed by atoms with Crippen LogP contribution in [0.1, 0.15) is 31.6 Å². The molecule has 0 amide bonds. The minimum absolute atomic E-state index is 0.263. The molecule has 0 aromatic carbocycles. The molecule has 1 N–H and O–H groups in total. The Bertz CT molecular complexity index is 292. The van der Waals surface area contributed by atoms with Gasteiger partial charge in [-0.15, -0.1) is 5.10 Å². The Morgan fingerprint density at radius 1 is 1.79 bits per heavy atom. The maximum Gasteiger partial charge on any atom is 0.111 e. The maximum atomic E-state index is 9.25. The van der Waals surface area contributed by atoms with Crippen LogP contribution in [0, 0.1) is 0 Å². The van der Waals surface area contributed by atoms with E-state index in [-0.39, 0.29) is 6.10 Å². The Hall–Kier alpha value is -0.940. The van der Waals surface area contributed by atoms with E-state index in [4.69, 9.17) is 4.74 Å². The van der Waals surface area contributed by atoms with Crippen molar-refractivity contribution in [1.82, 2.24) is 15.0 Å². The predicted octanol–water partition coefficient (Wildman–Crippen LogP) is 0.510. The standard InChI is InChI=1S/C9H15N3O2/c1-7(13)9-6-12(11-10-9)5-8-3-2-4-14-8/h6-8,13H,2-5H2,1H3. The van der Waals surface area contributed by atoms with Gasteiger partial charge in [-0.25, -0.2) is 4.68 Å². The van der Waals surface area contributed by atoms with Gasteiger partial charge < -0.3 is 9.84 Å². The second-order valence-electron chi connectivity index (χ2n) is 3.68. The van der Waals surface area contributed by atoms with E-state index in [1.165, 1.54) is 0 Å². The van der Waals surface area contributed by atoms with Crippen LogP contribution in [0.5, 0.6) is 0 Å². The molecule has 1 fully saturated rings. The first kappa shape index (κ1) is 9.61. The Kier molecular flexibility index (Phi) is 2.79. The highest BCUT2D eigenvalue weighted by atomic mass is 16.5. The third-order valence-corrected chi connectivity index (χ3v) is 2.40. The van der Waals surface area contributed by atoms with E-state index >= 15 is 0 Å². The molecular formula is C9H15N3O2. The lowest BCUT2D eigenvalue weighted by Crippen LogP contribution is -2.15. The van der Waals surface area contributed by atoms with Crippen LogP contribution in [0.15, 0.2) is 6.20 Å². The lowest BCUT2D eigenvalue weighted by molar-refractivity contribution is 0.0934. The molecule has 0 aliphatic carbocycles. The summed E-state index contributed by atoms with van der Waals surface area (Å²) in [4.78, 5) is 0. The molecule has 78 valence electrons. The second kappa shape index (κ2) is 4.06. The molecule has 1 aliphatic heterocycles. The average Bonchev–Trinajstić information content (AvgIpc) is 2.75. The summed E-state index contributed by atoms with van der Waals surface area (Å²) in [6, 6.07) is 0. The molecule has 1 aliphatic rings. The van der Waals surface area contributed by atoms with Crippen molar-refractivity contribution >= 4 is 0 Å². The largest absolute Gasteiger partial charge is 0.387 e. The number of hydrogen-bond acceptors (Lipinski definition) is 4. The summed E-state index contributed by atoms with van der Waals surface area (Å²) in [5.41, 5.74) is 0.614. The number of hydrogen-bond donors (Lipinski definition) is 1. The SMILES string of the molecule is CC(O)c1cn(CC2CCCO2)nn1. The third kappa shape index (κ3) is 2.10. The number of rotatable bonds is 3. The highest BCUT2D eigenvalue weighted by Crippen LogP contribution is 2.14. The van der Waals surface area contributed by atoms with E-state index in [1.54, 1.807) is 17.8 Å². The lowest BCUT2D eigenvalue weighted by atomic mass is 10.2. The van der Waals surface area contributed by atoms with Crippen molar-refractivity contribution in [3.05, 3.63) is 11.9 Å². The molecule has 5 nitrogen and oxygen atoms in total. The maximum absolute atomic E-state index is 9.25. The second-order valence-corrected chi connectivity index (χ2v) is 3.68. The molecule has 2 atom stereocenters. The molecule has 2 heterocycles. The van der Waals surface area contributed by atoms with Gasteiger partial charge in [0, 0.05) is 6.61 Å². The number of aromatic nitrogens is 3. The molecule has 2 unspecified atom stereocenters. The van der Waals surface area contributed by atoms with Crippen LogP contribution >= 0.6 is 0 Å². The number of ether oxygens (including phenoxy) is 1. The van der Waals surface area contributed by atoms with Gasteiger partial charge in [-0.2, -0.15) is 0 Å². The van der Waals surface area contributed by atoms with Gasteiger partial charge in [-0.3, -0.25) is 0 Å². The van der Waals surface area contributed by atoms with Crippen molar-refractivity contribution in [3.63, 3.8) is 0 Å². The lowest BCUT2D eigenvalue weighted by Gasteiger charge is -2.07. The van der Waals surface area contributed by atoms with Crippen LogP contribution in [0.2, 0.25) is 0 Å². The highest BCUT2D eigenvalue weighted by Gasteiger charge is 2.17. The minimum Gasteiger partial charge on any atom is -0.387 e. The quantitative estimate of drug-likeness (QED) is 0.767. The van der Waals surface area contributed by atoms with Crippen LogP contribution in [0.3, 0.4) is 0 Å². The van der Waals surface area contributed by atoms with E-state index in [9.17, 15) is 5.11 Å². The summed E-state index contributed by atoms with van der Waals surface area (Å²) in [6.45, 7) is 3.27. The molecule has 0 saturated carbocycles. The van der Waals surface area contributed by atoms with Gasteiger partial charge in [0.1, 0.15) is 5.69 Å². The van der Waals surface area contributed by atoms with Gasteiger partial charge in [-0.05, 0) is 19.8 Å². The van der Waals surface area contributed by atoms with E-state index in [0.717, 1.165) is 26.0 Å². The van der Waals surface area contributed by atoms with Crippen molar-refractivity contribution in [2.75, 3.05) is 6.61 Å². The van der Waals surface area contributed by atoms with Gasteiger partial charge in [-0.1, -0.05) is 5.21 Å². The van der Waals surface area contributed by atoms with E-state index in [2.05, 4.69) is 10.3 Å². The summed E-state index contributed by atoms with van der Waals surface area (Å²) < 4.78 is 7.21. The molecule has 0 spiro atoms. The Morgan fingerprint density at radius 3 is 3.21 bits per heavy atom. The van der Waals surface area contributed by atoms with Crippen LogP contribution in [0.25, 0.3) is 0 Å². The zero-order valence-corrected chi connectivity index (χ0v) is 8.26. The van der Waals surface area contributed by atoms with Gasteiger partial charge in [0.05, 0.1) is 24.9 Å². The normalized spacial score (nSPS) is 24.0. The number of aliphatic hydroxyl groups excluding tert-OH is 1. The predicted molar refractivity (Wildman–Crippen MR) is 49.6 cm³/mol. The molecule has 5 heteroatoms. The minimum atomic E-state index is -0.548. The Labute approximate surface area is 82.7 Å². The van der Waals surface area contributed by atoms with Gasteiger partial charge in [0.25, 0.3) is 0 Å². The fourth-order valence-electron chi connectivity index (χ4n) is 1.59. The first-order valence-electron chi connectivity index (χ1n) is 4.95. The molecule has 1 aromatic rings. The van der Waals surface area contributed by atoms with Crippen molar-refractivity contribution in [1.29, 1.82) is 0 Å². The summed E-state index contributed by atoms with van der Waals surface area (Å²) in [5.74, 6) is 0. The Morgan fingerprint density at radius 2 is 2.64 bits per heavy atom. The summed E-state index contributed by atoms with van der Waals surface area (Å²) in [7, 11) is 0. The molecule has 2 rings (SSSR count). The summed E-state index contributed by atoms with van der Waals surface area (Å²) in [6.07, 6.45) is 3.70. The topological polar surface area (TPSA) is 60.2 Å².